The molecule has 0 aliphatic rings. The molecule has 0 aliphatic carbocycles. The molecule has 2 aromatic carbocycles. The van der Waals surface area contributed by atoms with Gasteiger partial charge in [0.2, 0.25) is 5.78 Å². The van der Waals surface area contributed by atoms with Crippen molar-refractivity contribution in [2.75, 3.05) is 21.3 Å². The van der Waals surface area contributed by atoms with Gasteiger partial charge in [-0.3, -0.25) is 4.79 Å². The first-order valence-corrected chi connectivity index (χ1v) is 9.11. The van der Waals surface area contributed by atoms with Crippen molar-refractivity contribution in [3.05, 3.63) is 59.3 Å². The SMILES string of the molecule is COc1ccc(C[NH+](C)[C@H](C)C(=O)c2c(C)[nH]c3ccccc23)cc1OC. The number of H-pyrrole nitrogens is 1. The number of carbonyl (C=O) groups excluding carboxylic acids is 1. The number of para-hydroxylation sites is 1. The number of hydrogen-bond acceptors (Lipinski definition) is 3. The molecule has 1 aromatic heterocycles. The third kappa shape index (κ3) is 3.69. The van der Waals surface area contributed by atoms with Gasteiger partial charge in [-0.25, -0.2) is 0 Å². The number of likely N-dealkylation sites (N-methyl/N-ethyl adjacent to an activating group) is 1. The van der Waals surface area contributed by atoms with E-state index in [1.165, 1.54) is 0 Å². The Balaban J connectivity index is 1.81. The van der Waals surface area contributed by atoms with Crippen LogP contribution in [0.15, 0.2) is 42.5 Å². The predicted molar refractivity (Wildman–Crippen MR) is 107 cm³/mol. The fraction of sp³-hybridized carbons (Fsp3) is 0.318. The Morgan fingerprint density at radius 2 is 1.81 bits per heavy atom. The molecule has 0 radical (unpaired) electrons. The largest absolute Gasteiger partial charge is 0.493 e. The number of benzene rings is 2. The van der Waals surface area contributed by atoms with Crippen LogP contribution in [0.4, 0.5) is 0 Å². The van der Waals surface area contributed by atoms with Crippen LogP contribution in [0.5, 0.6) is 11.5 Å². The molecule has 2 N–H and O–H groups in total. The zero-order valence-electron chi connectivity index (χ0n) is 16.6. The van der Waals surface area contributed by atoms with Crippen LogP contribution in [0.2, 0.25) is 0 Å². The quantitative estimate of drug-likeness (QED) is 0.632. The summed E-state index contributed by atoms with van der Waals surface area (Å²) in [6.45, 7) is 4.66. The molecule has 0 bridgehead atoms. The lowest BCUT2D eigenvalue weighted by Gasteiger charge is -2.21. The minimum atomic E-state index is -0.170. The average molecular weight is 367 g/mol. The minimum Gasteiger partial charge on any atom is -0.493 e. The van der Waals surface area contributed by atoms with Gasteiger partial charge in [0.05, 0.1) is 26.8 Å². The summed E-state index contributed by atoms with van der Waals surface area (Å²) in [6.07, 6.45) is 0. The van der Waals surface area contributed by atoms with E-state index in [0.29, 0.717) is 18.0 Å². The molecular weight excluding hydrogens is 340 g/mol. The summed E-state index contributed by atoms with van der Waals surface area (Å²) in [5, 5.41) is 0.991. The molecule has 27 heavy (non-hydrogen) atoms. The van der Waals surface area contributed by atoms with Gasteiger partial charge in [0.15, 0.2) is 11.5 Å². The molecular formula is C22H27N2O3+. The van der Waals surface area contributed by atoms with E-state index in [4.69, 9.17) is 9.47 Å². The fourth-order valence-corrected chi connectivity index (χ4v) is 3.50. The maximum Gasteiger partial charge on any atom is 0.222 e. The van der Waals surface area contributed by atoms with Gasteiger partial charge in [0, 0.05) is 22.2 Å². The second-order valence-electron chi connectivity index (χ2n) is 6.97. The van der Waals surface area contributed by atoms with E-state index in [1.807, 2.05) is 63.4 Å². The van der Waals surface area contributed by atoms with Crippen molar-refractivity contribution in [2.45, 2.75) is 26.4 Å². The zero-order valence-corrected chi connectivity index (χ0v) is 16.6. The minimum absolute atomic E-state index is 0.155. The smallest absolute Gasteiger partial charge is 0.222 e. The molecule has 1 heterocycles. The molecule has 2 atom stereocenters. The highest BCUT2D eigenvalue weighted by Gasteiger charge is 2.27. The number of quaternary nitrogens is 1. The monoisotopic (exact) mass is 367 g/mol. The summed E-state index contributed by atoms with van der Waals surface area (Å²) < 4.78 is 10.7. The van der Waals surface area contributed by atoms with Gasteiger partial charge in [-0.15, -0.1) is 0 Å². The maximum absolute atomic E-state index is 13.2. The number of ether oxygens (including phenoxy) is 2. The normalized spacial score (nSPS) is 13.4. The Labute approximate surface area is 159 Å². The van der Waals surface area contributed by atoms with E-state index in [-0.39, 0.29) is 11.8 Å². The third-order valence-corrected chi connectivity index (χ3v) is 5.20. The Bertz CT molecular complexity index is 961. The molecule has 0 saturated heterocycles. The van der Waals surface area contributed by atoms with Crippen LogP contribution < -0.4 is 14.4 Å². The van der Waals surface area contributed by atoms with Crippen molar-refractivity contribution in [1.82, 2.24) is 4.98 Å². The van der Waals surface area contributed by atoms with E-state index >= 15 is 0 Å². The fourth-order valence-electron chi connectivity index (χ4n) is 3.50. The lowest BCUT2D eigenvalue weighted by atomic mass is 10.0. The van der Waals surface area contributed by atoms with Crippen LogP contribution in [-0.4, -0.2) is 38.1 Å². The highest BCUT2D eigenvalue weighted by molar-refractivity contribution is 6.10. The van der Waals surface area contributed by atoms with Crippen molar-refractivity contribution in [3.8, 4) is 11.5 Å². The number of fused-ring (bicyclic) bond motifs is 1. The number of aromatic amines is 1. The lowest BCUT2D eigenvalue weighted by molar-refractivity contribution is -0.907. The number of carbonyl (C=O) groups is 1. The topological polar surface area (TPSA) is 55.8 Å². The van der Waals surface area contributed by atoms with Crippen LogP contribution in [0.25, 0.3) is 10.9 Å². The second kappa shape index (κ2) is 7.84. The Morgan fingerprint density at radius 3 is 2.52 bits per heavy atom. The number of ketones is 1. The van der Waals surface area contributed by atoms with E-state index in [1.54, 1.807) is 14.2 Å². The van der Waals surface area contributed by atoms with E-state index in [0.717, 1.165) is 32.6 Å². The van der Waals surface area contributed by atoms with Gasteiger partial charge in [-0.05, 0) is 38.1 Å². The van der Waals surface area contributed by atoms with Crippen LogP contribution in [0, 0.1) is 6.92 Å². The number of nitrogens with one attached hydrogen (secondary N) is 2. The number of aryl methyl sites for hydroxylation is 1. The number of Topliss-reactive ketones (excluding diaryl/α,β-unsaturated/α-hetero) is 1. The molecule has 5 nitrogen and oxygen atoms in total. The highest BCUT2D eigenvalue weighted by atomic mass is 16.5. The molecule has 0 aliphatic heterocycles. The van der Waals surface area contributed by atoms with Gasteiger partial charge in [0.1, 0.15) is 12.6 Å². The highest BCUT2D eigenvalue weighted by Crippen LogP contribution is 2.27. The average Bonchev–Trinajstić information content (AvgIpc) is 3.02. The molecule has 0 fully saturated rings. The van der Waals surface area contributed by atoms with Crippen molar-refractivity contribution in [3.63, 3.8) is 0 Å². The van der Waals surface area contributed by atoms with Crippen LogP contribution >= 0.6 is 0 Å². The Morgan fingerprint density at radius 1 is 1.11 bits per heavy atom. The number of rotatable bonds is 7. The number of hydrogen-bond donors (Lipinski definition) is 2. The first-order chi connectivity index (χ1) is 13.0. The predicted octanol–water partition coefficient (Wildman–Crippen LogP) is 2.78. The van der Waals surface area contributed by atoms with Gasteiger partial charge < -0.3 is 19.4 Å². The molecule has 0 amide bonds. The first-order valence-electron chi connectivity index (χ1n) is 9.11. The van der Waals surface area contributed by atoms with Crippen LogP contribution in [-0.2, 0) is 6.54 Å². The molecule has 1 unspecified atom stereocenters. The summed E-state index contributed by atoms with van der Waals surface area (Å²) in [5.74, 6) is 1.56. The summed E-state index contributed by atoms with van der Waals surface area (Å²) in [7, 11) is 5.30. The van der Waals surface area contributed by atoms with Crippen LogP contribution in [0.3, 0.4) is 0 Å². The van der Waals surface area contributed by atoms with Gasteiger partial charge in [0.25, 0.3) is 0 Å². The molecule has 142 valence electrons. The van der Waals surface area contributed by atoms with Crippen molar-refractivity contribution in [2.24, 2.45) is 0 Å². The zero-order chi connectivity index (χ0) is 19.6. The number of methoxy groups -OCH3 is 2. The molecule has 5 heteroatoms. The molecule has 3 rings (SSSR count). The lowest BCUT2D eigenvalue weighted by Crippen LogP contribution is -3.12. The second-order valence-corrected chi connectivity index (χ2v) is 6.97. The van der Waals surface area contributed by atoms with Crippen molar-refractivity contribution in [1.29, 1.82) is 0 Å². The summed E-state index contributed by atoms with van der Waals surface area (Å²) in [4.78, 5) is 17.7. The standard InChI is InChI=1S/C22H26N2O3/c1-14-21(17-8-6-7-9-18(17)23-14)22(25)15(2)24(3)13-16-10-11-19(26-4)20(12-16)27-5/h6-12,15,23H,13H2,1-5H3/p+1/t15-/m1/s1. The summed E-state index contributed by atoms with van der Waals surface area (Å²) in [6, 6.07) is 13.7. The van der Waals surface area contributed by atoms with Crippen LogP contribution in [0.1, 0.15) is 28.5 Å². The van der Waals surface area contributed by atoms with E-state index in [2.05, 4.69) is 4.98 Å². The number of aromatic nitrogens is 1. The maximum atomic E-state index is 13.2. The molecule has 0 spiro atoms. The third-order valence-electron chi connectivity index (χ3n) is 5.20. The van der Waals surface area contributed by atoms with Gasteiger partial charge in [-0.2, -0.15) is 0 Å². The summed E-state index contributed by atoms with van der Waals surface area (Å²) in [5.41, 5.74) is 3.82. The van der Waals surface area contributed by atoms with Crippen molar-refractivity contribution < 1.29 is 19.2 Å². The summed E-state index contributed by atoms with van der Waals surface area (Å²) >= 11 is 0. The Hall–Kier alpha value is -2.79. The van der Waals surface area contributed by atoms with Gasteiger partial charge >= 0.3 is 0 Å². The Kier molecular flexibility index (Phi) is 5.51. The first kappa shape index (κ1) is 19.0. The molecule has 0 saturated carbocycles. The van der Waals surface area contributed by atoms with Gasteiger partial charge in [-0.1, -0.05) is 18.2 Å². The van der Waals surface area contributed by atoms with Crippen molar-refractivity contribution >= 4 is 16.7 Å². The van der Waals surface area contributed by atoms with E-state index in [9.17, 15) is 4.79 Å². The molecule has 3 aromatic rings. The van der Waals surface area contributed by atoms with E-state index < -0.39 is 0 Å².